The van der Waals surface area contributed by atoms with Crippen LogP contribution in [0.25, 0.3) is 0 Å². The van der Waals surface area contributed by atoms with Crippen LogP contribution < -0.4 is 11.3 Å². The van der Waals surface area contributed by atoms with Gasteiger partial charge in [-0.25, -0.2) is 10.8 Å². The van der Waals surface area contributed by atoms with E-state index in [1.165, 1.54) is 12.8 Å². The fourth-order valence-electron chi connectivity index (χ4n) is 2.10. The maximum Gasteiger partial charge on any atom is 0.208 e. The highest BCUT2D eigenvalue weighted by Gasteiger charge is 2.26. The van der Waals surface area contributed by atoms with Crippen molar-refractivity contribution in [3.63, 3.8) is 0 Å². The molecule has 5 heteroatoms. The van der Waals surface area contributed by atoms with E-state index in [0.29, 0.717) is 25.1 Å². The summed E-state index contributed by atoms with van der Waals surface area (Å²) in [5.41, 5.74) is 2.70. The molecule has 0 aromatic rings. The van der Waals surface area contributed by atoms with Gasteiger partial charge in [-0.2, -0.15) is 0 Å². The molecule has 0 bridgehead atoms. The number of piperidine rings is 1. The predicted octanol–water partition coefficient (Wildman–Crippen LogP) is 0.573. The molecule has 1 aliphatic rings. The van der Waals surface area contributed by atoms with Crippen LogP contribution in [0.1, 0.15) is 26.7 Å². The second kappa shape index (κ2) is 6.70. The maximum absolute atomic E-state index is 5.53. The summed E-state index contributed by atoms with van der Waals surface area (Å²) < 4.78 is 4.98. The Morgan fingerprint density at radius 1 is 1.56 bits per heavy atom. The van der Waals surface area contributed by atoms with E-state index >= 15 is 0 Å². The molecule has 0 amide bonds. The molecule has 94 valence electrons. The highest BCUT2D eigenvalue weighted by Crippen LogP contribution is 2.22. The quantitative estimate of drug-likeness (QED) is 0.244. The molecular formula is C11H24N4O. The van der Waals surface area contributed by atoms with E-state index in [9.17, 15) is 0 Å². The Bertz CT molecular complexity index is 232. The summed E-state index contributed by atoms with van der Waals surface area (Å²) in [6.07, 6.45) is 2.49. The van der Waals surface area contributed by atoms with Crippen LogP contribution in [-0.4, -0.2) is 43.7 Å². The molecule has 0 aliphatic carbocycles. The van der Waals surface area contributed by atoms with Crippen molar-refractivity contribution in [3.05, 3.63) is 0 Å². The van der Waals surface area contributed by atoms with Gasteiger partial charge < -0.3 is 9.64 Å². The molecule has 0 aromatic heterocycles. The first-order valence-electron chi connectivity index (χ1n) is 5.97. The first-order chi connectivity index (χ1) is 7.70. The number of hydrogen-bond donors (Lipinski definition) is 2. The number of methoxy groups -OCH3 is 1. The third kappa shape index (κ3) is 3.35. The number of guanidine groups is 1. The number of hydrogen-bond acceptors (Lipinski definition) is 3. The minimum atomic E-state index is 0.492. The summed E-state index contributed by atoms with van der Waals surface area (Å²) in [7, 11) is 1.68. The number of likely N-dealkylation sites (tertiary alicyclic amines) is 1. The Hall–Kier alpha value is -0.810. The van der Waals surface area contributed by atoms with Crippen LogP contribution in [-0.2, 0) is 4.74 Å². The van der Waals surface area contributed by atoms with Crippen LogP contribution in [0.15, 0.2) is 4.99 Å². The van der Waals surface area contributed by atoms with Gasteiger partial charge in [-0.15, -0.1) is 0 Å². The molecule has 1 rings (SSSR count). The maximum atomic E-state index is 5.53. The second-order valence-corrected chi connectivity index (χ2v) is 4.40. The Balaban J connectivity index is 2.60. The van der Waals surface area contributed by atoms with Crippen LogP contribution in [0.5, 0.6) is 0 Å². The minimum absolute atomic E-state index is 0.492. The largest absolute Gasteiger partial charge is 0.383 e. The second-order valence-electron chi connectivity index (χ2n) is 4.40. The van der Waals surface area contributed by atoms with Gasteiger partial charge in [0.05, 0.1) is 13.2 Å². The van der Waals surface area contributed by atoms with Gasteiger partial charge in [-0.1, -0.05) is 6.92 Å². The number of hydrazine groups is 1. The molecule has 5 nitrogen and oxygen atoms in total. The summed E-state index contributed by atoms with van der Waals surface area (Å²) in [4.78, 5) is 6.68. The minimum Gasteiger partial charge on any atom is -0.383 e. The fraction of sp³-hybridized carbons (Fsp3) is 0.909. The SMILES string of the molecule is COCCN=C(NN)N1CCCC(C)C1C. The van der Waals surface area contributed by atoms with Gasteiger partial charge in [0.15, 0.2) is 0 Å². The smallest absolute Gasteiger partial charge is 0.208 e. The lowest BCUT2D eigenvalue weighted by Crippen LogP contribution is -2.53. The molecule has 0 saturated carbocycles. The number of aliphatic imine (C=N–C) groups is 1. The van der Waals surface area contributed by atoms with Gasteiger partial charge in [0.2, 0.25) is 5.96 Å². The number of nitrogens with one attached hydrogen (secondary N) is 1. The van der Waals surface area contributed by atoms with E-state index in [0.717, 1.165) is 12.5 Å². The van der Waals surface area contributed by atoms with Crippen LogP contribution in [0, 0.1) is 5.92 Å². The van der Waals surface area contributed by atoms with Crippen molar-refractivity contribution in [2.75, 3.05) is 26.8 Å². The molecular weight excluding hydrogens is 204 g/mol. The zero-order chi connectivity index (χ0) is 12.0. The average Bonchev–Trinajstić information content (AvgIpc) is 2.29. The van der Waals surface area contributed by atoms with E-state index in [1.807, 2.05) is 0 Å². The number of nitrogens with zero attached hydrogens (tertiary/aromatic N) is 2. The van der Waals surface area contributed by atoms with Gasteiger partial charge in [-0.3, -0.25) is 5.43 Å². The molecule has 16 heavy (non-hydrogen) atoms. The number of rotatable bonds is 3. The Morgan fingerprint density at radius 3 is 2.94 bits per heavy atom. The molecule has 1 heterocycles. The van der Waals surface area contributed by atoms with Crippen LogP contribution >= 0.6 is 0 Å². The van der Waals surface area contributed by atoms with Crippen molar-refractivity contribution in [3.8, 4) is 0 Å². The van der Waals surface area contributed by atoms with Crippen molar-refractivity contribution in [2.45, 2.75) is 32.7 Å². The summed E-state index contributed by atoms with van der Waals surface area (Å²) in [6.45, 7) is 6.81. The third-order valence-corrected chi connectivity index (χ3v) is 3.33. The number of ether oxygens (including phenoxy) is 1. The van der Waals surface area contributed by atoms with Gasteiger partial charge in [0.1, 0.15) is 0 Å². The molecule has 0 aromatic carbocycles. The molecule has 2 unspecified atom stereocenters. The Labute approximate surface area is 98.0 Å². The Kier molecular flexibility index (Phi) is 5.55. The molecule has 2 atom stereocenters. The highest BCUT2D eigenvalue weighted by molar-refractivity contribution is 5.79. The van der Waals surface area contributed by atoms with E-state index in [-0.39, 0.29) is 0 Å². The average molecular weight is 228 g/mol. The standard InChI is InChI=1S/C11H24N4O/c1-9-5-4-7-15(10(9)2)11(14-12)13-6-8-16-3/h9-10H,4-8,12H2,1-3H3,(H,13,14). The van der Waals surface area contributed by atoms with Crippen molar-refractivity contribution in [2.24, 2.45) is 16.8 Å². The lowest BCUT2D eigenvalue weighted by Gasteiger charge is -2.39. The van der Waals surface area contributed by atoms with Crippen LogP contribution in [0.2, 0.25) is 0 Å². The van der Waals surface area contributed by atoms with E-state index in [1.54, 1.807) is 7.11 Å². The number of nitrogens with two attached hydrogens (primary N) is 1. The first kappa shape index (κ1) is 13.3. The zero-order valence-electron chi connectivity index (χ0n) is 10.6. The third-order valence-electron chi connectivity index (χ3n) is 3.33. The van der Waals surface area contributed by atoms with Crippen LogP contribution in [0.3, 0.4) is 0 Å². The van der Waals surface area contributed by atoms with E-state index < -0.39 is 0 Å². The summed E-state index contributed by atoms with van der Waals surface area (Å²) >= 11 is 0. The summed E-state index contributed by atoms with van der Waals surface area (Å²) in [5, 5.41) is 0. The fourth-order valence-corrected chi connectivity index (χ4v) is 2.10. The normalized spacial score (nSPS) is 27.0. The van der Waals surface area contributed by atoms with E-state index in [4.69, 9.17) is 10.6 Å². The van der Waals surface area contributed by atoms with E-state index in [2.05, 4.69) is 29.2 Å². The first-order valence-corrected chi connectivity index (χ1v) is 5.97. The lowest BCUT2D eigenvalue weighted by molar-refractivity contribution is 0.183. The van der Waals surface area contributed by atoms with Gasteiger partial charge in [0.25, 0.3) is 0 Å². The summed E-state index contributed by atoms with van der Waals surface area (Å²) in [5.74, 6) is 7.01. The molecule has 0 spiro atoms. The van der Waals surface area contributed by atoms with Gasteiger partial charge >= 0.3 is 0 Å². The Morgan fingerprint density at radius 2 is 2.31 bits per heavy atom. The summed E-state index contributed by atoms with van der Waals surface area (Å²) in [6, 6.07) is 0.492. The van der Waals surface area contributed by atoms with Crippen LogP contribution in [0.4, 0.5) is 0 Å². The highest BCUT2D eigenvalue weighted by atomic mass is 16.5. The topological polar surface area (TPSA) is 62.9 Å². The lowest BCUT2D eigenvalue weighted by atomic mass is 9.92. The van der Waals surface area contributed by atoms with Crippen molar-refractivity contribution >= 4 is 5.96 Å². The molecule has 1 fully saturated rings. The van der Waals surface area contributed by atoms with Crippen molar-refractivity contribution in [1.29, 1.82) is 0 Å². The van der Waals surface area contributed by atoms with Gasteiger partial charge in [-0.05, 0) is 25.7 Å². The zero-order valence-corrected chi connectivity index (χ0v) is 10.6. The van der Waals surface area contributed by atoms with Crippen molar-refractivity contribution in [1.82, 2.24) is 10.3 Å². The van der Waals surface area contributed by atoms with Crippen molar-refractivity contribution < 1.29 is 4.74 Å². The molecule has 3 N–H and O–H groups in total. The molecule has 1 aliphatic heterocycles. The van der Waals surface area contributed by atoms with Gasteiger partial charge in [0, 0.05) is 19.7 Å². The molecule has 0 radical (unpaired) electrons. The molecule has 1 saturated heterocycles. The predicted molar refractivity (Wildman–Crippen MR) is 66.1 cm³/mol. The monoisotopic (exact) mass is 228 g/mol.